The van der Waals surface area contributed by atoms with Gasteiger partial charge in [0.1, 0.15) is 0 Å². The number of unbranched alkanes of at least 4 members (excludes halogenated alkanes) is 4. The third-order valence-electron chi connectivity index (χ3n) is 3.01. The summed E-state index contributed by atoms with van der Waals surface area (Å²) in [7, 11) is 0. The van der Waals surface area contributed by atoms with Crippen LogP contribution in [0.3, 0.4) is 0 Å². The third-order valence-corrected chi connectivity index (χ3v) is 3.01. The Balaban J connectivity index is 0. The molecule has 0 heterocycles. The maximum absolute atomic E-state index is 9.90. The van der Waals surface area contributed by atoms with Crippen LogP contribution in [-0.4, -0.2) is 11.5 Å². The van der Waals surface area contributed by atoms with E-state index in [9.17, 15) is 10.1 Å². The van der Waals surface area contributed by atoms with Gasteiger partial charge in [0, 0.05) is 11.3 Å². The molecule has 3 nitrogen and oxygen atoms in total. The van der Waals surface area contributed by atoms with Gasteiger partial charge in [-0.2, -0.15) is 0 Å². The highest BCUT2D eigenvalue weighted by atomic mass is 16.6. The first-order chi connectivity index (χ1) is 8.90. The van der Waals surface area contributed by atoms with Crippen molar-refractivity contribution in [2.24, 2.45) is 11.8 Å². The summed E-state index contributed by atoms with van der Waals surface area (Å²) in [6.45, 7) is 11.3. The highest BCUT2D eigenvalue weighted by Crippen LogP contribution is 2.07. The van der Waals surface area contributed by atoms with Crippen LogP contribution in [0.5, 0.6) is 0 Å². The summed E-state index contributed by atoms with van der Waals surface area (Å²) in [6.07, 6.45) is 9.66. The average Bonchev–Trinajstić information content (AvgIpc) is 2.28. The summed E-state index contributed by atoms with van der Waals surface area (Å²) in [5.41, 5.74) is 0. The van der Waals surface area contributed by atoms with Gasteiger partial charge in [-0.05, 0) is 18.3 Å². The molecule has 0 atom stereocenters. The van der Waals surface area contributed by atoms with E-state index in [-0.39, 0.29) is 11.5 Å². The molecule has 0 saturated carbocycles. The van der Waals surface area contributed by atoms with E-state index in [2.05, 4.69) is 34.6 Å². The molecule has 3 heteroatoms. The zero-order valence-electron chi connectivity index (χ0n) is 13.8. The van der Waals surface area contributed by atoms with Gasteiger partial charge in [0.25, 0.3) is 0 Å². The Bertz CT molecular complexity index is 191. The van der Waals surface area contributed by atoms with Gasteiger partial charge in [0.15, 0.2) is 0 Å². The van der Waals surface area contributed by atoms with Crippen molar-refractivity contribution in [3.63, 3.8) is 0 Å². The number of hydrogen-bond acceptors (Lipinski definition) is 2. The minimum Gasteiger partial charge on any atom is -0.265 e. The maximum Gasteiger partial charge on any atom is 0.203 e. The van der Waals surface area contributed by atoms with Crippen molar-refractivity contribution >= 4 is 0 Å². The topological polar surface area (TPSA) is 43.1 Å². The van der Waals surface area contributed by atoms with Crippen molar-refractivity contribution < 1.29 is 4.92 Å². The van der Waals surface area contributed by atoms with E-state index < -0.39 is 0 Å². The lowest BCUT2D eigenvalue weighted by Crippen LogP contribution is -2.00. The highest BCUT2D eigenvalue weighted by Gasteiger charge is 1.97. The van der Waals surface area contributed by atoms with Crippen LogP contribution in [0.15, 0.2) is 0 Å². The molecule has 0 saturated heterocycles. The van der Waals surface area contributed by atoms with Crippen molar-refractivity contribution in [2.75, 3.05) is 6.54 Å². The molecule has 0 aliphatic carbocycles. The molecule has 0 aliphatic heterocycles. The Morgan fingerprint density at radius 1 is 0.842 bits per heavy atom. The molecular formula is C16H35NO2. The van der Waals surface area contributed by atoms with E-state index in [1.54, 1.807) is 0 Å². The van der Waals surface area contributed by atoms with Crippen LogP contribution in [0.1, 0.15) is 86.0 Å². The van der Waals surface area contributed by atoms with Gasteiger partial charge >= 0.3 is 0 Å². The number of nitrogens with zero attached hydrogens (tertiary/aromatic N) is 1. The Morgan fingerprint density at radius 3 is 1.68 bits per heavy atom. The Kier molecular flexibility index (Phi) is 16.9. The molecule has 19 heavy (non-hydrogen) atoms. The molecule has 0 amide bonds. The first-order valence-corrected chi connectivity index (χ1v) is 8.01. The Labute approximate surface area is 120 Å². The van der Waals surface area contributed by atoms with Gasteiger partial charge in [-0.25, -0.2) is 0 Å². The summed E-state index contributed by atoms with van der Waals surface area (Å²) in [6, 6.07) is 0. The molecule has 0 fully saturated rings. The van der Waals surface area contributed by atoms with Crippen molar-refractivity contribution in [3.8, 4) is 0 Å². The van der Waals surface area contributed by atoms with Crippen LogP contribution in [0.4, 0.5) is 0 Å². The second-order valence-electron chi connectivity index (χ2n) is 6.19. The van der Waals surface area contributed by atoms with Crippen LogP contribution in [-0.2, 0) is 0 Å². The summed E-state index contributed by atoms with van der Waals surface area (Å²) in [4.78, 5) is 9.66. The molecule has 0 aromatic heterocycles. The third kappa shape index (κ3) is 26.8. The van der Waals surface area contributed by atoms with E-state index in [4.69, 9.17) is 0 Å². The molecule has 0 unspecified atom stereocenters. The number of hydrogen-bond donors (Lipinski definition) is 0. The fourth-order valence-electron chi connectivity index (χ4n) is 1.77. The number of rotatable bonds is 10. The molecule has 0 aromatic rings. The summed E-state index contributed by atoms with van der Waals surface area (Å²) in [5, 5.41) is 9.90. The van der Waals surface area contributed by atoms with Gasteiger partial charge in [-0.1, -0.05) is 73.1 Å². The van der Waals surface area contributed by atoms with Gasteiger partial charge in [0.05, 0.1) is 0 Å². The fraction of sp³-hybridized carbons (Fsp3) is 1.00. The fourth-order valence-corrected chi connectivity index (χ4v) is 1.77. The standard InChI is InChI=1S/C8H17NO2.C8H18/c1-8(2)6-4-3-5-7-9(10)11;1-4-5-6-7-8(2)3/h8H,3-7H2,1-2H3;8H,4-7H2,1-3H3. The smallest absolute Gasteiger partial charge is 0.203 e. The lowest BCUT2D eigenvalue weighted by atomic mass is 10.1. The first kappa shape index (κ1) is 20.7. The SMILES string of the molecule is CC(C)CCCCC[N+](=O)[O-].CCCCCC(C)C. The lowest BCUT2D eigenvalue weighted by molar-refractivity contribution is -0.480. The van der Waals surface area contributed by atoms with Gasteiger partial charge in [-0.15, -0.1) is 0 Å². The summed E-state index contributed by atoms with van der Waals surface area (Å²) < 4.78 is 0. The van der Waals surface area contributed by atoms with Crippen molar-refractivity contribution in [3.05, 3.63) is 10.1 Å². The molecule has 0 rings (SSSR count). The van der Waals surface area contributed by atoms with Crippen molar-refractivity contribution in [1.82, 2.24) is 0 Å². The minimum atomic E-state index is -0.241. The minimum absolute atomic E-state index is 0.137. The maximum atomic E-state index is 9.90. The van der Waals surface area contributed by atoms with Crippen LogP contribution < -0.4 is 0 Å². The van der Waals surface area contributed by atoms with Crippen LogP contribution in [0, 0.1) is 22.0 Å². The second kappa shape index (κ2) is 15.5. The van der Waals surface area contributed by atoms with Crippen LogP contribution in [0.25, 0.3) is 0 Å². The molecule has 0 N–H and O–H groups in total. The Hall–Kier alpha value is -0.600. The summed E-state index contributed by atoms with van der Waals surface area (Å²) in [5.74, 6) is 1.63. The number of nitro groups is 1. The molecule has 0 spiro atoms. The zero-order valence-corrected chi connectivity index (χ0v) is 13.8. The van der Waals surface area contributed by atoms with Crippen LogP contribution in [0.2, 0.25) is 0 Å². The van der Waals surface area contributed by atoms with E-state index in [0.717, 1.165) is 31.1 Å². The average molecular weight is 273 g/mol. The first-order valence-electron chi connectivity index (χ1n) is 8.01. The summed E-state index contributed by atoms with van der Waals surface area (Å²) >= 11 is 0. The van der Waals surface area contributed by atoms with Gasteiger partial charge < -0.3 is 0 Å². The molecular weight excluding hydrogens is 238 g/mol. The van der Waals surface area contributed by atoms with E-state index >= 15 is 0 Å². The lowest BCUT2D eigenvalue weighted by Gasteiger charge is -2.01. The quantitative estimate of drug-likeness (QED) is 0.291. The highest BCUT2D eigenvalue weighted by molar-refractivity contribution is 4.46. The van der Waals surface area contributed by atoms with Crippen molar-refractivity contribution in [1.29, 1.82) is 0 Å². The van der Waals surface area contributed by atoms with E-state index in [0.29, 0.717) is 0 Å². The predicted molar refractivity (Wildman–Crippen MR) is 84.1 cm³/mol. The molecule has 0 aliphatic rings. The molecule has 116 valence electrons. The zero-order chi connectivity index (χ0) is 15.1. The predicted octanol–water partition coefficient (Wildman–Crippen LogP) is 5.70. The molecule has 0 bridgehead atoms. The van der Waals surface area contributed by atoms with E-state index in [1.165, 1.54) is 32.1 Å². The normalized spacial score (nSPS) is 10.5. The second-order valence-corrected chi connectivity index (χ2v) is 6.19. The van der Waals surface area contributed by atoms with Crippen LogP contribution >= 0.6 is 0 Å². The van der Waals surface area contributed by atoms with E-state index in [1.807, 2.05) is 0 Å². The molecule has 0 radical (unpaired) electrons. The monoisotopic (exact) mass is 273 g/mol. The van der Waals surface area contributed by atoms with Gasteiger partial charge in [0.2, 0.25) is 6.54 Å². The molecule has 0 aromatic carbocycles. The largest absolute Gasteiger partial charge is 0.265 e. The van der Waals surface area contributed by atoms with Crippen molar-refractivity contribution in [2.45, 2.75) is 86.0 Å². The van der Waals surface area contributed by atoms with Gasteiger partial charge in [-0.3, -0.25) is 10.1 Å². The Morgan fingerprint density at radius 2 is 1.32 bits per heavy atom.